The van der Waals surface area contributed by atoms with E-state index in [2.05, 4.69) is 27.6 Å². The van der Waals surface area contributed by atoms with Crippen molar-refractivity contribution in [2.75, 3.05) is 39.6 Å². The molecule has 0 aliphatic carbocycles. The predicted octanol–water partition coefficient (Wildman–Crippen LogP) is -0.760. The summed E-state index contributed by atoms with van der Waals surface area (Å²) in [6.45, 7) is 0.197. The summed E-state index contributed by atoms with van der Waals surface area (Å²) in [5.74, 6) is -3.22. The van der Waals surface area contributed by atoms with Crippen LogP contribution in [0.2, 0.25) is 0 Å². The molecule has 0 radical (unpaired) electrons. The van der Waals surface area contributed by atoms with Crippen LogP contribution in [0.1, 0.15) is 104 Å². The first-order valence-electron chi connectivity index (χ1n) is 23.7. The number of nitrogens with one attached hydrogen (secondary N) is 2. The van der Waals surface area contributed by atoms with Gasteiger partial charge in [-0.25, -0.2) is 9.36 Å². The molecule has 3 heterocycles. The van der Waals surface area contributed by atoms with Gasteiger partial charge in [-0.1, -0.05) is 95.5 Å². The number of nitrogens with zero attached hydrogens (tertiary/aromatic N) is 3. The van der Waals surface area contributed by atoms with Gasteiger partial charge in [-0.3, -0.25) is 23.4 Å². The van der Waals surface area contributed by atoms with Crippen molar-refractivity contribution in [3.63, 3.8) is 0 Å². The molecule has 3 fully saturated rings. The lowest BCUT2D eigenvalue weighted by Crippen LogP contribution is -2.70. The fourth-order valence-corrected chi connectivity index (χ4v) is 8.96. The monoisotopic (exact) mass is 1030 g/mol. The summed E-state index contributed by atoms with van der Waals surface area (Å²) in [4.78, 5) is 62.9. The van der Waals surface area contributed by atoms with Crippen molar-refractivity contribution in [3.05, 3.63) is 10.4 Å². The zero-order valence-electron chi connectivity index (χ0n) is 39.6. The number of aliphatic hydroxyl groups is 6. The molecule has 7 unspecified atom stereocenters. The van der Waals surface area contributed by atoms with Gasteiger partial charge in [0, 0.05) is 18.4 Å². The van der Waals surface area contributed by atoms with Crippen molar-refractivity contribution in [2.24, 2.45) is 16.6 Å². The van der Waals surface area contributed by atoms with Crippen LogP contribution in [0.3, 0.4) is 0 Å². The summed E-state index contributed by atoms with van der Waals surface area (Å²) >= 11 is 0. The number of unbranched alkanes of at least 4 members (excludes halogenated alkanes) is 13. The second kappa shape index (κ2) is 31.9. The average Bonchev–Trinajstić information content (AvgIpc) is 3.30. The van der Waals surface area contributed by atoms with Crippen molar-refractivity contribution in [1.82, 2.24) is 10.6 Å². The van der Waals surface area contributed by atoms with E-state index in [1.165, 1.54) is 64.2 Å². The maximum atomic E-state index is 13.3. The summed E-state index contributed by atoms with van der Waals surface area (Å²) in [7, 11) is -5.25. The maximum absolute atomic E-state index is 13.3. The van der Waals surface area contributed by atoms with E-state index in [4.69, 9.17) is 59.2 Å². The van der Waals surface area contributed by atoms with E-state index < -0.39 is 150 Å². The summed E-state index contributed by atoms with van der Waals surface area (Å²) in [6.07, 6.45) is -10.8. The predicted molar refractivity (Wildman–Crippen MR) is 239 cm³/mol. The minimum atomic E-state index is -5.25. The summed E-state index contributed by atoms with van der Waals surface area (Å²) in [6, 6.07) is -3.51. The minimum absolute atomic E-state index is 0.152. The molecule has 3 aliphatic rings. The number of phosphoric acid groups is 1. The van der Waals surface area contributed by atoms with Gasteiger partial charge in [-0.2, -0.15) is 0 Å². The smallest absolute Gasteiger partial charge is 0.440 e. The third-order valence-corrected chi connectivity index (χ3v) is 12.7. The lowest BCUT2D eigenvalue weighted by molar-refractivity contribution is -0.357. The fourth-order valence-electron chi connectivity index (χ4n) is 8.16. The van der Waals surface area contributed by atoms with E-state index in [9.17, 15) is 59.3 Å². The standard InChI is InChI=1S/C41H74N7O21P/c1-3-4-5-6-7-8-9-10-11-12-13-14-15-16-17-61-18-19-62-70(59,60)69-40-36(34(68-41(43)58)32(56)35(66-40)37(42)57)67-39-28(46-23(2)51)31(55)33(25(22-50)64-39)65-38-27(47-26(52)20-45-48-44)30(54)29(53)24(21-49)63-38/h24-25,27-36,38-40,49-50,53-56H,3-22H2,1-2H3,(H2,42,57)(H2,43,58)(H,46,51)(H,47,52)(H,59,60)/t24?,25?,27?,28?,29-,30+,31+,32-,33+,34-,35?,36?,38-,39-,40+/m0/s1. The molecule has 404 valence electrons. The molecule has 13 N–H and O–H groups in total. The molecule has 0 aromatic carbocycles. The van der Waals surface area contributed by atoms with Crippen LogP contribution in [0, 0.1) is 0 Å². The quantitative estimate of drug-likeness (QED) is 0.0126. The number of azide groups is 1. The van der Waals surface area contributed by atoms with Crippen LogP contribution in [0.5, 0.6) is 0 Å². The molecule has 0 spiro atoms. The van der Waals surface area contributed by atoms with Crippen LogP contribution < -0.4 is 22.1 Å². The Labute approximate surface area is 405 Å². The second-order valence-electron chi connectivity index (χ2n) is 17.2. The van der Waals surface area contributed by atoms with Gasteiger partial charge in [-0.05, 0) is 12.0 Å². The third kappa shape index (κ3) is 19.9. The van der Waals surface area contributed by atoms with Crippen molar-refractivity contribution in [1.29, 1.82) is 0 Å². The van der Waals surface area contributed by atoms with Crippen LogP contribution in [-0.2, 0) is 61.2 Å². The Balaban J connectivity index is 1.71. The van der Waals surface area contributed by atoms with Crippen LogP contribution in [0.15, 0.2) is 5.11 Å². The van der Waals surface area contributed by atoms with Gasteiger partial charge in [-0.15, -0.1) is 0 Å². The highest BCUT2D eigenvalue weighted by Gasteiger charge is 2.57. The molecule has 0 bridgehead atoms. The summed E-state index contributed by atoms with van der Waals surface area (Å²) < 4.78 is 63.0. The SMILES string of the molecule is CCCCCCCCCCCCCCCCOCCOP(=O)(O)O[C@H]1OC(C(N)=O)[C@@H](O)[C@H](OC(N)=O)C1O[C@@H]1OC(CO)[C@@H](O[C@@H]2OC(CO)[C@H](O)[C@H](O)C2NC(=O)CN=[N+]=[N-])[C@H](O)C1NC(C)=O. The van der Waals surface area contributed by atoms with Crippen molar-refractivity contribution in [2.45, 2.75) is 196 Å². The Morgan fingerprint density at radius 1 is 0.686 bits per heavy atom. The number of rotatable bonds is 33. The van der Waals surface area contributed by atoms with E-state index in [1.54, 1.807) is 0 Å². The number of aliphatic hydroxyl groups excluding tert-OH is 6. The molecule has 28 nitrogen and oxygen atoms in total. The first kappa shape index (κ1) is 60.9. The van der Waals surface area contributed by atoms with Crippen molar-refractivity contribution in [3.8, 4) is 0 Å². The molecule has 0 saturated carbocycles. The molecular weight excluding hydrogens is 957 g/mol. The molecule has 70 heavy (non-hydrogen) atoms. The molecule has 16 atom stereocenters. The van der Waals surface area contributed by atoms with Gasteiger partial charge >= 0.3 is 13.9 Å². The highest BCUT2D eigenvalue weighted by Crippen LogP contribution is 2.47. The number of primary amides is 2. The zero-order chi connectivity index (χ0) is 51.8. The second-order valence-corrected chi connectivity index (χ2v) is 18.6. The average molecular weight is 1030 g/mol. The molecule has 0 aromatic heterocycles. The Bertz CT molecular complexity index is 1690. The Kier molecular flexibility index (Phi) is 27.8. The van der Waals surface area contributed by atoms with Crippen molar-refractivity contribution < 1.29 is 101 Å². The van der Waals surface area contributed by atoms with Crippen LogP contribution in [0.4, 0.5) is 4.79 Å². The largest absolute Gasteiger partial charge is 0.474 e. The van der Waals surface area contributed by atoms with Gasteiger partial charge < -0.3 is 90.8 Å². The van der Waals surface area contributed by atoms with E-state index in [0.29, 0.717) is 6.61 Å². The third-order valence-electron chi connectivity index (χ3n) is 11.7. The van der Waals surface area contributed by atoms with Gasteiger partial charge in [0.2, 0.25) is 17.7 Å². The van der Waals surface area contributed by atoms with Crippen molar-refractivity contribution >= 4 is 31.6 Å². The van der Waals surface area contributed by atoms with Gasteiger partial charge in [0.05, 0.1) is 26.4 Å². The topological polar surface area (TPSA) is 435 Å². The van der Waals surface area contributed by atoms with Gasteiger partial charge in [0.15, 0.2) is 37.2 Å². The highest BCUT2D eigenvalue weighted by molar-refractivity contribution is 7.47. The number of phosphoric ester groups is 1. The number of hydrogen-bond donors (Lipinski definition) is 11. The molecule has 3 aliphatic heterocycles. The van der Waals surface area contributed by atoms with E-state index in [-0.39, 0.29) is 6.61 Å². The summed E-state index contributed by atoms with van der Waals surface area (Å²) in [5.41, 5.74) is 19.3. The maximum Gasteiger partial charge on any atom is 0.474 e. The number of carbonyl (C=O) groups excluding carboxylic acids is 4. The first-order valence-corrected chi connectivity index (χ1v) is 25.2. The molecule has 3 saturated heterocycles. The molecular formula is C41H74N7O21P. The van der Waals surface area contributed by atoms with E-state index >= 15 is 0 Å². The minimum Gasteiger partial charge on any atom is -0.440 e. The van der Waals surface area contributed by atoms with E-state index in [1.807, 2.05) is 0 Å². The number of amides is 4. The lowest BCUT2D eigenvalue weighted by Gasteiger charge is -2.49. The number of nitrogens with two attached hydrogens (primary N) is 2. The van der Waals surface area contributed by atoms with Gasteiger partial charge in [0.25, 0.3) is 0 Å². The molecule has 4 amide bonds. The molecule has 29 heteroatoms. The Morgan fingerprint density at radius 2 is 1.23 bits per heavy atom. The Morgan fingerprint density at radius 3 is 1.76 bits per heavy atom. The normalized spacial score (nSPS) is 32.0. The number of hydrogen-bond acceptors (Lipinski definition) is 21. The number of ether oxygens (including phenoxy) is 7. The van der Waals surface area contributed by atoms with Crippen LogP contribution in [-0.4, -0.2) is 191 Å². The molecule has 3 rings (SSSR count). The van der Waals surface area contributed by atoms with Gasteiger partial charge in [0.1, 0.15) is 61.4 Å². The zero-order valence-corrected chi connectivity index (χ0v) is 40.5. The highest BCUT2D eigenvalue weighted by atomic mass is 31.2. The van der Waals surface area contributed by atoms with Crippen LogP contribution >= 0.6 is 7.82 Å². The molecule has 0 aromatic rings. The summed E-state index contributed by atoms with van der Waals surface area (Å²) in [5, 5.41) is 72.4. The lowest BCUT2D eigenvalue weighted by atomic mass is 9.94. The Hall–Kier alpha value is -3.38. The number of carbonyl (C=O) groups is 4. The van der Waals surface area contributed by atoms with E-state index in [0.717, 1.165) is 32.6 Å². The van der Waals surface area contributed by atoms with Crippen LogP contribution in [0.25, 0.3) is 10.4 Å². The first-order chi connectivity index (χ1) is 33.4. The fraction of sp³-hybridized carbons (Fsp3) is 0.902.